The fourth-order valence-corrected chi connectivity index (χ4v) is 0. The summed E-state index contributed by atoms with van der Waals surface area (Å²) in [5.41, 5.74) is 0. The molecule has 0 aromatic rings. The molecule has 0 fully saturated rings. The van der Waals surface area contributed by atoms with E-state index >= 15 is 0 Å². The molecular weight excluding hydrogens is 1130 g/mol. The molecule has 0 amide bonds. The molecule has 0 spiro atoms. The molecule has 0 aliphatic carbocycles. The molecule has 14 heavy (non-hydrogen) atoms. The molecule has 0 saturated heterocycles. The Morgan fingerprint density at radius 1 is 0.214 bits per heavy atom. The van der Waals surface area contributed by atoms with E-state index < -0.39 is 0 Å². The van der Waals surface area contributed by atoms with Crippen LogP contribution in [-0.2, 0) is 67.1 Å². The summed E-state index contributed by atoms with van der Waals surface area (Å²) in [6.45, 7) is 0. The predicted octanol–water partition coefficient (Wildman–Crippen LogP) is 2.30. The van der Waals surface area contributed by atoms with E-state index in [-0.39, 0.29) is 232 Å². The van der Waals surface area contributed by atoms with Crippen molar-refractivity contribution in [3.8, 4) is 0 Å². The zero-order chi connectivity index (χ0) is 0. The molecule has 0 N–H and O–H groups in total. The smallest absolute Gasteiger partial charge is 3.00 e. The van der Waals surface area contributed by atoms with Gasteiger partial charge in [-0.25, -0.2) is 0 Å². The standard InChI is InChI=1S/8N.3Ta.3Tb/q8*-3;3*+5;3*+3. The molecular formula is N8Ta3Tb3. The zero-order valence-electron chi connectivity index (χ0n) is 5.92. The van der Waals surface area contributed by atoms with E-state index in [9.17, 15) is 0 Å². The molecule has 0 aromatic heterocycles. The molecule has 0 rings (SSSR count). The maximum absolute atomic E-state index is 0. The van der Waals surface area contributed by atoms with Gasteiger partial charge < -0.3 is 49.2 Å². The Hall–Kier alpha value is 5.76. The van der Waals surface area contributed by atoms with Gasteiger partial charge in [-0.1, -0.05) is 0 Å². The Morgan fingerprint density at radius 3 is 0.214 bits per heavy atom. The first-order chi connectivity index (χ1) is 0. The monoisotopic (exact) mass is 1130 g/mol. The van der Waals surface area contributed by atoms with Crippen LogP contribution in [-0.4, -0.2) is 0 Å². The first-order valence-corrected chi connectivity index (χ1v) is 0. The average Bonchev–Trinajstić information content (AvgIpc) is 0. The largest absolute Gasteiger partial charge is 5.00 e. The maximum Gasteiger partial charge on any atom is 5.00 e. The van der Waals surface area contributed by atoms with Gasteiger partial charge in [0.1, 0.15) is 0 Å². The van der Waals surface area contributed by atoms with E-state index in [4.69, 9.17) is 0 Å². The van der Waals surface area contributed by atoms with Crippen molar-refractivity contribution in [3.63, 3.8) is 0 Å². The van der Waals surface area contributed by atoms with Gasteiger partial charge in [-0.2, -0.15) is 0 Å². The zero-order valence-corrected chi connectivity index (χ0v) is 22.0. The van der Waals surface area contributed by atoms with E-state index in [0.29, 0.717) is 0 Å². The van der Waals surface area contributed by atoms with Crippen LogP contribution in [0.3, 0.4) is 0 Å². The van der Waals surface area contributed by atoms with Crippen molar-refractivity contribution in [3.05, 3.63) is 49.2 Å². The van der Waals surface area contributed by atoms with E-state index in [2.05, 4.69) is 0 Å². The summed E-state index contributed by atoms with van der Waals surface area (Å²) in [6, 6.07) is 0. The quantitative estimate of drug-likeness (QED) is 0.339. The fraction of sp³-hybridized carbons (Fsp3) is 0. The molecule has 0 bridgehead atoms. The SMILES string of the molecule is [N-3].[N-3].[N-3].[N-3].[N-3].[N-3].[N-3].[N-3].[Ta+5].[Ta+5].[Ta+5].[Tb+3].[Tb+3].[Tb+3]. The Kier molecular flexibility index (Phi) is 2670. The van der Waals surface area contributed by atoms with Crippen LogP contribution in [0.4, 0.5) is 0 Å². The minimum absolute atomic E-state index is 0. The summed E-state index contributed by atoms with van der Waals surface area (Å²) >= 11 is 0. The van der Waals surface area contributed by atoms with Crippen LogP contribution < -0.4 is 0 Å². The number of nitrogens with zero attached hydrogens (tertiary/aromatic N) is 8. The van der Waals surface area contributed by atoms with Crippen molar-refractivity contribution >= 4 is 0 Å². The number of hydrogen-bond donors (Lipinski definition) is 0. The summed E-state index contributed by atoms with van der Waals surface area (Å²) in [5, 5.41) is 0. The van der Waals surface area contributed by atoms with Gasteiger partial charge in [0.25, 0.3) is 0 Å². The van der Waals surface area contributed by atoms with Crippen LogP contribution in [0, 0.1) is 116 Å². The summed E-state index contributed by atoms with van der Waals surface area (Å²) in [7, 11) is 0. The van der Waals surface area contributed by atoms with E-state index in [0.717, 1.165) is 0 Å². The Bertz CT molecular complexity index is 19.8. The Morgan fingerprint density at radius 2 is 0.214 bits per heavy atom. The molecule has 0 aliphatic heterocycles. The van der Waals surface area contributed by atoms with Gasteiger partial charge in [0, 0.05) is 0 Å². The summed E-state index contributed by atoms with van der Waals surface area (Å²) in [4.78, 5) is 0. The van der Waals surface area contributed by atoms with Crippen LogP contribution in [0.1, 0.15) is 0 Å². The van der Waals surface area contributed by atoms with Crippen molar-refractivity contribution in [1.82, 2.24) is 0 Å². The van der Waals surface area contributed by atoms with E-state index in [1.54, 1.807) is 0 Å². The van der Waals surface area contributed by atoms with E-state index in [1.807, 2.05) is 0 Å². The maximum atomic E-state index is 0. The molecule has 0 saturated carbocycles. The van der Waals surface area contributed by atoms with Gasteiger partial charge in [-0.15, -0.1) is 0 Å². The van der Waals surface area contributed by atoms with Crippen molar-refractivity contribution in [2.24, 2.45) is 0 Å². The van der Waals surface area contributed by atoms with Crippen molar-refractivity contribution in [1.29, 1.82) is 0 Å². The minimum atomic E-state index is 0. The normalized spacial score (nSPS) is 0. The summed E-state index contributed by atoms with van der Waals surface area (Å²) in [5.74, 6) is 0. The van der Waals surface area contributed by atoms with Gasteiger partial charge in [-0.3, -0.25) is 0 Å². The second kappa shape index (κ2) is 178. The molecule has 82 valence electrons. The molecule has 0 radical (unpaired) electrons. The van der Waals surface area contributed by atoms with Crippen LogP contribution in [0.5, 0.6) is 0 Å². The average molecular weight is 1130 g/mol. The third-order valence-corrected chi connectivity index (χ3v) is 0. The Balaban J connectivity index is 0. The minimum Gasteiger partial charge on any atom is -3.00 e. The first-order valence-electron chi connectivity index (χ1n) is 0. The predicted molar refractivity (Wildman–Crippen MR) is 26.9 cm³/mol. The molecule has 0 unspecified atom stereocenters. The molecule has 0 heterocycles. The first kappa shape index (κ1) is 210. The van der Waals surface area contributed by atoms with Gasteiger partial charge in [0.05, 0.1) is 0 Å². The third-order valence-electron chi connectivity index (χ3n) is 0. The van der Waals surface area contributed by atoms with Gasteiger partial charge in [0.2, 0.25) is 0 Å². The second-order valence-electron chi connectivity index (χ2n) is 0. The van der Waals surface area contributed by atoms with Crippen LogP contribution in [0.15, 0.2) is 0 Å². The number of rotatable bonds is 0. The third kappa shape index (κ3) is 150. The molecule has 0 atom stereocenters. The topological polar surface area (TPSA) is 244 Å². The van der Waals surface area contributed by atoms with Crippen LogP contribution >= 0.6 is 0 Å². The van der Waals surface area contributed by atoms with Gasteiger partial charge in [-0.05, 0) is 0 Å². The number of hydrogen-bond acceptors (Lipinski definition) is 0. The molecule has 0 aromatic carbocycles. The second-order valence-corrected chi connectivity index (χ2v) is 0. The summed E-state index contributed by atoms with van der Waals surface area (Å²) in [6.07, 6.45) is 0. The van der Waals surface area contributed by atoms with Crippen molar-refractivity contribution in [2.45, 2.75) is 0 Å². The summed E-state index contributed by atoms with van der Waals surface area (Å²) < 4.78 is 0. The molecule has 0 aliphatic rings. The van der Waals surface area contributed by atoms with Crippen LogP contribution in [0.2, 0.25) is 0 Å². The van der Waals surface area contributed by atoms with Gasteiger partial charge >= 0.3 is 183 Å². The fourth-order valence-electron chi connectivity index (χ4n) is 0. The van der Waals surface area contributed by atoms with Crippen LogP contribution in [0.25, 0.3) is 49.2 Å². The van der Waals surface area contributed by atoms with Crippen molar-refractivity contribution < 1.29 is 183 Å². The molecule has 14 heteroatoms. The molecule has 8 nitrogen and oxygen atoms in total. The Labute approximate surface area is 226 Å². The van der Waals surface area contributed by atoms with E-state index in [1.165, 1.54) is 0 Å². The van der Waals surface area contributed by atoms with Crippen molar-refractivity contribution in [2.75, 3.05) is 0 Å². The van der Waals surface area contributed by atoms with Gasteiger partial charge in [0.15, 0.2) is 0 Å².